The molecule has 0 fully saturated rings. The van der Waals surface area contributed by atoms with E-state index in [9.17, 15) is 9.59 Å². The van der Waals surface area contributed by atoms with Crippen LogP contribution in [0, 0.1) is 0 Å². The Labute approximate surface area is 308 Å². The van der Waals surface area contributed by atoms with Crippen LogP contribution in [0.2, 0.25) is 0 Å². The van der Waals surface area contributed by atoms with Crippen LogP contribution in [0.5, 0.6) is 0 Å². The van der Waals surface area contributed by atoms with Crippen molar-refractivity contribution in [2.75, 3.05) is 63.1 Å². The van der Waals surface area contributed by atoms with Gasteiger partial charge >= 0.3 is 12.2 Å². The first-order chi connectivity index (χ1) is 24.5. The van der Waals surface area contributed by atoms with E-state index in [4.69, 9.17) is 9.47 Å². The largest absolute Gasteiger partial charge is 0.448 e. The number of amides is 2. The van der Waals surface area contributed by atoms with E-state index in [0.29, 0.717) is 24.6 Å². The number of nitrogens with one attached hydrogen (secondary N) is 2. The summed E-state index contributed by atoms with van der Waals surface area (Å²) >= 11 is 0. The lowest BCUT2D eigenvalue weighted by Crippen LogP contribution is -2.30. The highest BCUT2D eigenvalue weighted by Crippen LogP contribution is 2.15. The molecule has 2 amide bonds. The summed E-state index contributed by atoms with van der Waals surface area (Å²) in [6.07, 6.45) is 28.7. The van der Waals surface area contributed by atoms with Gasteiger partial charge in [-0.05, 0) is 63.3 Å². The molecule has 0 atom stereocenters. The molecule has 1 aromatic carbocycles. The molecule has 1 aromatic rings. The Bertz CT molecular complexity index is 841. The SMILES string of the molecule is CCCCCCCCCCCCCN(CC)CCOC(=O)Nc1ccc(NC(=O)OCCN(CC)CCCCCCCCCCCCC)cc1. The summed E-state index contributed by atoms with van der Waals surface area (Å²) in [6.45, 7) is 15.1. The number of rotatable bonds is 34. The maximum atomic E-state index is 12.3. The first-order valence-electron chi connectivity index (χ1n) is 20.9. The van der Waals surface area contributed by atoms with E-state index in [1.54, 1.807) is 24.3 Å². The molecule has 0 aromatic heterocycles. The third-order valence-corrected chi connectivity index (χ3v) is 9.71. The minimum atomic E-state index is -0.468. The highest BCUT2D eigenvalue weighted by atomic mass is 16.6. The number of anilines is 2. The fraction of sp³-hybridized carbons (Fsp3) is 0.810. The van der Waals surface area contributed by atoms with Crippen LogP contribution in [0.1, 0.15) is 169 Å². The Hall–Kier alpha value is -2.32. The number of likely N-dealkylation sites (N-methyl/N-ethyl adjacent to an activating group) is 2. The molecular formula is C42H78N4O4. The first kappa shape index (κ1) is 45.7. The highest BCUT2D eigenvalue weighted by molar-refractivity contribution is 5.87. The Morgan fingerprint density at radius 3 is 1.00 bits per heavy atom. The number of carbonyl (C=O) groups excluding carboxylic acids is 2. The van der Waals surface area contributed by atoms with Crippen molar-refractivity contribution in [3.8, 4) is 0 Å². The summed E-state index contributed by atoms with van der Waals surface area (Å²) in [7, 11) is 0. The maximum Gasteiger partial charge on any atom is 0.411 e. The molecule has 0 aliphatic rings. The molecule has 2 N–H and O–H groups in total. The summed E-state index contributed by atoms with van der Waals surface area (Å²) in [5, 5.41) is 5.54. The van der Waals surface area contributed by atoms with Gasteiger partial charge in [0.25, 0.3) is 0 Å². The van der Waals surface area contributed by atoms with Gasteiger partial charge < -0.3 is 19.3 Å². The van der Waals surface area contributed by atoms with Crippen molar-refractivity contribution in [2.24, 2.45) is 0 Å². The van der Waals surface area contributed by atoms with Crippen molar-refractivity contribution in [3.05, 3.63) is 24.3 Å². The van der Waals surface area contributed by atoms with Crippen molar-refractivity contribution in [1.29, 1.82) is 0 Å². The number of ether oxygens (including phenoxy) is 2. The Morgan fingerprint density at radius 1 is 0.440 bits per heavy atom. The normalized spacial score (nSPS) is 11.3. The number of hydrogen-bond donors (Lipinski definition) is 2. The molecule has 0 aliphatic heterocycles. The monoisotopic (exact) mass is 703 g/mol. The lowest BCUT2D eigenvalue weighted by atomic mass is 10.1. The van der Waals surface area contributed by atoms with Crippen LogP contribution in [-0.4, -0.2) is 74.5 Å². The number of carbonyl (C=O) groups is 2. The average Bonchev–Trinajstić information content (AvgIpc) is 3.12. The molecule has 8 heteroatoms. The van der Waals surface area contributed by atoms with Crippen LogP contribution in [0.3, 0.4) is 0 Å². The Morgan fingerprint density at radius 2 is 0.720 bits per heavy atom. The van der Waals surface area contributed by atoms with Gasteiger partial charge in [-0.2, -0.15) is 0 Å². The van der Waals surface area contributed by atoms with E-state index in [0.717, 1.165) is 39.3 Å². The summed E-state index contributed by atoms with van der Waals surface area (Å²) in [6, 6.07) is 6.98. The smallest absolute Gasteiger partial charge is 0.411 e. The van der Waals surface area contributed by atoms with Crippen LogP contribution in [-0.2, 0) is 9.47 Å². The fourth-order valence-corrected chi connectivity index (χ4v) is 6.33. The number of unbranched alkanes of at least 4 members (excludes halogenated alkanes) is 20. The van der Waals surface area contributed by atoms with Gasteiger partial charge in [-0.15, -0.1) is 0 Å². The third-order valence-electron chi connectivity index (χ3n) is 9.71. The average molecular weight is 703 g/mol. The topological polar surface area (TPSA) is 83.1 Å². The van der Waals surface area contributed by atoms with Gasteiger partial charge in [0.05, 0.1) is 0 Å². The second-order valence-corrected chi connectivity index (χ2v) is 14.0. The van der Waals surface area contributed by atoms with E-state index in [-0.39, 0.29) is 0 Å². The highest BCUT2D eigenvalue weighted by Gasteiger charge is 2.09. The minimum absolute atomic E-state index is 0.359. The molecule has 0 aliphatic carbocycles. The number of nitrogens with zero attached hydrogens (tertiary/aromatic N) is 2. The lowest BCUT2D eigenvalue weighted by Gasteiger charge is -2.20. The molecule has 0 radical (unpaired) electrons. The predicted molar refractivity (Wildman–Crippen MR) is 214 cm³/mol. The van der Waals surface area contributed by atoms with E-state index >= 15 is 0 Å². The second-order valence-electron chi connectivity index (χ2n) is 14.0. The summed E-state index contributed by atoms with van der Waals surface area (Å²) in [5.74, 6) is 0. The Balaban J connectivity index is 2.11. The van der Waals surface area contributed by atoms with Gasteiger partial charge in [-0.25, -0.2) is 9.59 Å². The second kappa shape index (κ2) is 33.8. The van der Waals surface area contributed by atoms with Gasteiger partial charge in [0.2, 0.25) is 0 Å². The van der Waals surface area contributed by atoms with E-state index in [1.807, 2.05) is 0 Å². The molecule has 0 saturated carbocycles. The molecule has 0 spiro atoms. The molecule has 50 heavy (non-hydrogen) atoms. The zero-order chi connectivity index (χ0) is 36.3. The number of hydrogen-bond acceptors (Lipinski definition) is 6. The summed E-state index contributed by atoms with van der Waals surface area (Å²) in [5.41, 5.74) is 1.23. The third kappa shape index (κ3) is 27.4. The van der Waals surface area contributed by atoms with Crippen molar-refractivity contribution in [3.63, 3.8) is 0 Å². The standard InChI is InChI=1S/C42H78N4O4/c1-5-9-11-13-15-17-19-21-23-25-27-33-45(7-3)35-37-49-41(47)43-39-29-31-40(32-30-39)44-42(48)50-38-36-46(8-4)34-28-26-24-22-20-18-16-14-12-10-6-2/h29-32H,5-28,33-38H2,1-4H3,(H,43,47)(H,44,48). The molecule has 8 nitrogen and oxygen atoms in total. The van der Waals surface area contributed by atoms with Gasteiger partial charge in [0.15, 0.2) is 0 Å². The molecular weight excluding hydrogens is 624 g/mol. The number of benzene rings is 1. The maximum absolute atomic E-state index is 12.3. The zero-order valence-electron chi connectivity index (χ0n) is 33.1. The molecule has 1 rings (SSSR count). The molecule has 290 valence electrons. The fourth-order valence-electron chi connectivity index (χ4n) is 6.33. The quantitative estimate of drug-likeness (QED) is 0.0696. The Kier molecular flexibility index (Phi) is 30.9. The van der Waals surface area contributed by atoms with Crippen LogP contribution < -0.4 is 10.6 Å². The van der Waals surface area contributed by atoms with Gasteiger partial charge in [-0.1, -0.05) is 156 Å². The zero-order valence-corrected chi connectivity index (χ0v) is 33.1. The summed E-state index contributed by atoms with van der Waals surface area (Å²) in [4.78, 5) is 29.4. The first-order valence-corrected chi connectivity index (χ1v) is 20.9. The van der Waals surface area contributed by atoms with Gasteiger partial charge in [0, 0.05) is 24.5 Å². The molecule has 0 bridgehead atoms. The van der Waals surface area contributed by atoms with Crippen LogP contribution in [0.4, 0.5) is 21.0 Å². The minimum Gasteiger partial charge on any atom is -0.448 e. The van der Waals surface area contributed by atoms with Crippen molar-refractivity contribution < 1.29 is 19.1 Å². The van der Waals surface area contributed by atoms with Crippen LogP contribution in [0.25, 0.3) is 0 Å². The van der Waals surface area contributed by atoms with Crippen molar-refractivity contribution >= 4 is 23.6 Å². The molecule has 0 saturated heterocycles. The molecule has 0 heterocycles. The van der Waals surface area contributed by atoms with Crippen molar-refractivity contribution in [1.82, 2.24) is 9.80 Å². The van der Waals surface area contributed by atoms with Gasteiger partial charge in [-0.3, -0.25) is 10.6 Å². The van der Waals surface area contributed by atoms with Crippen LogP contribution >= 0.6 is 0 Å². The van der Waals surface area contributed by atoms with Crippen molar-refractivity contribution in [2.45, 2.75) is 169 Å². The summed E-state index contributed by atoms with van der Waals surface area (Å²) < 4.78 is 10.9. The lowest BCUT2D eigenvalue weighted by molar-refractivity contribution is 0.139. The predicted octanol–water partition coefficient (Wildman–Crippen LogP) is 12.0. The molecule has 0 unspecified atom stereocenters. The van der Waals surface area contributed by atoms with Gasteiger partial charge in [0.1, 0.15) is 13.2 Å². The van der Waals surface area contributed by atoms with Crippen LogP contribution in [0.15, 0.2) is 24.3 Å². The van der Waals surface area contributed by atoms with E-state index < -0.39 is 12.2 Å². The van der Waals surface area contributed by atoms with E-state index in [1.165, 1.54) is 141 Å². The van der Waals surface area contributed by atoms with E-state index in [2.05, 4.69) is 48.1 Å².